The number of aliphatic carboxylic acids is 1. The van der Waals surface area contributed by atoms with E-state index in [1.807, 2.05) is 0 Å². The van der Waals surface area contributed by atoms with Crippen LogP contribution in [0.2, 0.25) is 0 Å². The molecule has 2 fully saturated rings. The summed E-state index contributed by atoms with van der Waals surface area (Å²) in [7, 11) is 0. The van der Waals surface area contributed by atoms with Gasteiger partial charge in [0.05, 0.1) is 11.3 Å². The first-order valence-electron chi connectivity index (χ1n) is 7.33. The molecule has 5 heteroatoms. The summed E-state index contributed by atoms with van der Waals surface area (Å²) < 4.78 is 0. The quantitative estimate of drug-likeness (QED) is 0.669. The van der Waals surface area contributed by atoms with E-state index in [0.717, 1.165) is 44.9 Å². The smallest absolute Gasteiger partial charge is 0.308 e. The third-order valence-electron chi connectivity index (χ3n) is 4.83. The van der Waals surface area contributed by atoms with Crippen molar-refractivity contribution in [3.63, 3.8) is 0 Å². The van der Waals surface area contributed by atoms with Gasteiger partial charge in [0.1, 0.15) is 0 Å². The maximum absolute atomic E-state index is 12.3. The Kier molecular flexibility index (Phi) is 4.45. The van der Waals surface area contributed by atoms with Crippen molar-refractivity contribution < 1.29 is 14.7 Å². The number of carboxylic acids is 1. The number of carboxylic acid groups (broad SMARTS) is 1. The zero-order chi connectivity index (χ0) is 13.9. The second kappa shape index (κ2) is 5.90. The van der Waals surface area contributed by atoms with E-state index in [-0.39, 0.29) is 11.9 Å². The minimum absolute atomic E-state index is 0.0283. The topological polar surface area (TPSA) is 92.4 Å². The molecule has 0 bridgehead atoms. The van der Waals surface area contributed by atoms with Gasteiger partial charge in [0.2, 0.25) is 5.91 Å². The van der Waals surface area contributed by atoms with Gasteiger partial charge < -0.3 is 16.2 Å². The lowest BCUT2D eigenvalue weighted by molar-refractivity contribution is -0.144. The molecular formula is C14H24N2O3. The van der Waals surface area contributed by atoms with Crippen LogP contribution in [0.5, 0.6) is 0 Å². The lowest BCUT2D eigenvalue weighted by atomic mass is 9.68. The van der Waals surface area contributed by atoms with Gasteiger partial charge in [-0.25, -0.2) is 0 Å². The summed E-state index contributed by atoms with van der Waals surface area (Å²) in [5.74, 6) is -1.26. The van der Waals surface area contributed by atoms with E-state index >= 15 is 0 Å². The van der Waals surface area contributed by atoms with E-state index in [0.29, 0.717) is 13.0 Å². The van der Waals surface area contributed by atoms with Crippen molar-refractivity contribution in [2.75, 3.05) is 6.54 Å². The van der Waals surface area contributed by atoms with Gasteiger partial charge in [0.25, 0.3) is 0 Å². The average molecular weight is 268 g/mol. The summed E-state index contributed by atoms with van der Waals surface area (Å²) in [6, 6.07) is -0.225. The predicted molar refractivity (Wildman–Crippen MR) is 71.5 cm³/mol. The van der Waals surface area contributed by atoms with Gasteiger partial charge in [0.15, 0.2) is 0 Å². The van der Waals surface area contributed by atoms with Crippen LogP contribution in [0.15, 0.2) is 0 Å². The molecule has 0 radical (unpaired) electrons. The number of nitrogens with one attached hydrogen (secondary N) is 1. The standard InChI is InChI=1S/C14H24N2O3/c15-9-14(7-4-8-14)13(19)16-11-6-3-1-2-5-10(11)12(17)18/h10-11H,1-9,15H2,(H,16,19)(H,17,18). The third kappa shape index (κ3) is 2.91. The van der Waals surface area contributed by atoms with Crippen molar-refractivity contribution in [2.45, 2.75) is 57.4 Å². The fourth-order valence-corrected chi connectivity index (χ4v) is 3.22. The SMILES string of the molecule is NCC1(C(=O)NC2CCCCCC2C(=O)O)CCC1. The summed E-state index contributed by atoms with van der Waals surface area (Å²) >= 11 is 0. The van der Waals surface area contributed by atoms with Crippen molar-refractivity contribution in [3.8, 4) is 0 Å². The van der Waals surface area contributed by atoms with Crippen molar-refractivity contribution in [2.24, 2.45) is 17.1 Å². The van der Waals surface area contributed by atoms with Crippen LogP contribution in [0, 0.1) is 11.3 Å². The largest absolute Gasteiger partial charge is 0.481 e. The molecule has 2 atom stereocenters. The molecule has 108 valence electrons. The van der Waals surface area contributed by atoms with E-state index in [4.69, 9.17) is 5.73 Å². The maximum Gasteiger partial charge on any atom is 0.308 e. The van der Waals surface area contributed by atoms with E-state index in [9.17, 15) is 14.7 Å². The van der Waals surface area contributed by atoms with Crippen LogP contribution in [-0.2, 0) is 9.59 Å². The molecule has 2 aliphatic carbocycles. The molecular weight excluding hydrogens is 244 g/mol. The van der Waals surface area contributed by atoms with E-state index in [1.165, 1.54) is 0 Å². The minimum Gasteiger partial charge on any atom is -0.481 e. The third-order valence-corrected chi connectivity index (χ3v) is 4.83. The zero-order valence-electron chi connectivity index (χ0n) is 11.4. The molecule has 0 heterocycles. The highest BCUT2D eigenvalue weighted by atomic mass is 16.4. The van der Waals surface area contributed by atoms with Crippen LogP contribution in [0.25, 0.3) is 0 Å². The zero-order valence-corrected chi connectivity index (χ0v) is 11.4. The fourth-order valence-electron chi connectivity index (χ4n) is 3.22. The van der Waals surface area contributed by atoms with Crippen molar-refractivity contribution in [1.29, 1.82) is 0 Å². The highest BCUT2D eigenvalue weighted by molar-refractivity contribution is 5.84. The van der Waals surface area contributed by atoms with E-state index in [2.05, 4.69) is 5.32 Å². The van der Waals surface area contributed by atoms with Gasteiger partial charge in [0, 0.05) is 12.6 Å². The average Bonchev–Trinajstić information content (AvgIpc) is 2.53. The number of amides is 1. The Morgan fingerprint density at radius 3 is 2.37 bits per heavy atom. The Morgan fingerprint density at radius 2 is 1.84 bits per heavy atom. The Balaban J connectivity index is 2.02. The Hall–Kier alpha value is -1.10. The highest BCUT2D eigenvalue weighted by Gasteiger charge is 2.44. The normalized spacial score (nSPS) is 29.9. The van der Waals surface area contributed by atoms with Crippen molar-refractivity contribution in [1.82, 2.24) is 5.32 Å². The maximum atomic E-state index is 12.3. The molecule has 1 amide bonds. The summed E-state index contributed by atoms with van der Waals surface area (Å²) in [5, 5.41) is 12.3. The number of hydrogen-bond donors (Lipinski definition) is 3. The Morgan fingerprint density at radius 1 is 1.16 bits per heavy atom. The molecule has 2 rings (SSSR count). The van der Waals surface area contributed by atoms with E-state index < -0.39 is 17.3 Å². The van der Waals surface area contributed by atoms with Gasteiger partial charge in [-0.3, -0.25) is 9.59 Å². The molecule has 19 heavy (non-hydrogen) atoms. The molecule has 4 N–H and O–H groups in total. The molecule has 5 nitrogen and oxygen atoms in total. The van der Waals surface area contributed by atoms with Gasteiger partial charge >= 0.3 is 5.97 Å². The molecule has 0 spiro atoms. The fraction of sp³-hybridized carbons (Fsp3) is 0.857. The Labute approximate surface area is 113 Å². The van der Waals surface area contributed by atoms with Crippen molar-refractivity contribution >= 4 is 11.9 Å². The van der Waals surface area contributed by atoms with Crippen LogP contribution in [-0.4, -0.2) is 29.6 Å². The molecule has 2 unspecified atom stereocenters. The van der Waals surface area contributed by atoms with Gasteiger partial charge in [-0.05, 0) is 25.7 Å². The number of carbonyl (C=O) groups excluding carboxylic acids is 1. The molecule has 0 saturated heterocycles. The summed E-state index contributed by atoms with van der Waals surface area (Å²) in [5.41, 5.74) is 5.30. The van der Waals surface area contributed by atoms with Crippen molar-refractivity contribution in [3.05, 3.63) is 0 Å². The molecule has 0 aromatic heterocycles. The first kappa shape index (κ1) is 14.3. The van der Waals surface area contributed by atoms with Crippen LogP contribution in [0.1, 0.15) is 51.4 Å². The van der Waals surface area contributed by atoms with Crippen LogP contribution >= 0.6 is 0 Å². The molecule has 2 saturated carbocycles. The molecule has 0 aliphatic heterocycles. The van der Waals surface area contributed by atoms with Gasteiger partial charge in [-0.15, -0.1) is 0 Å². The lowest BCUT2D eigenvalue weighted by Gasteiger charge is -2.40. The summed E-state index contributed by atoms with van der Waals surface area (Å²) in [6.07, 6.45) is 7.12. The number of hydrogen-bond acceptors (Lipinski definition) is 3. The molecule has 2 aliphatic rings. The van der Waals surface area contributed by atoms with E-state index in [1.54, 1.807) is 0 Å². The number of rotatable bonds is 4. The first-order valence-corrected chi connectivity index (χ1v) is 7.33. The van der Waals surface area contributed by atoms with Crippen LogP contribution in [0.3, 0.4) is 0 Å². The van der Waals surface area contributed by atoms with Crippen LogP contribution in [0.4, 0.5) is 0 Å². The Bertz CT molecular complexity index is 347. The molecule has 0 aromatic carbocycles. The monoisotopic (exact) mass is 268 g/mol. The minimum atomic E-state index is -0.789. The first-order chi connectivity index (χ1) is 9.09. The number of nitrogens with two attached hydrogens (primary N) is 1. The summed E-state index contributed by atoms with van der Waals surface area (Å²) in [4.78, 5) is 23.7. The molecule has 0 aromatic rings. The second-order valence-electron chi connectivity index (χ2n) is 6.00. The second-order valence-corrected chi connectivity index (χ2v) is 6.00. The van der Waals surface area contributed by atoms with Gasteiger partial charge in [-0.1, -0.05) is 25.7 Å². The summed E-state index contributed by atoms with van der Waals surface area (Å²) in [6.45, 7) is 0.364. The van der Waals surface area contributed by atoms with Crippen LogP contribution < -0.4 is 11.1 Å². The lowest BCUT2D eigenvalue weighted by Crippen LogP contribution is -2.54. The highest BCUT2D eigenvalue weighted by Crippen LogP contribution is 2.40. The number of carbonyl (C=O) groups is 2. The van der Waals surface area contributed by atoms with Gasteiger partial charge in [-0.2, -0.15) is 0 Å². The predicted octanol–water partition coefficient (Wildman–Crippen LogP) is 1.27.